The molecule has 0 N–H and O–H groups in total. The molecule has 96 valence electrons. The molecule has 0 aromatic carbocycles. The minimum atomic E-state index is 0.511. The molecular formula is C14H19N3S. The van der Waals surface area contributed by atoms with E-state index in [1.54, 1.807) is 6.07 Å². The molecule has 1 aromatic heterocycles. The molecule has 3 nitrogen and oxygen atoms in total. The first-order chi connectivity index (χ1) is 8.83. The predicted octanol–water partition coefficient (Wildman–Crippen LogP) is 3.07. The van der Waals surface area contributed by atoms with E-state index in [0.29, 0.717) is 10.9 Å². The maximum absolute atomic E-state index is 8.92. The fourth-order valence-electron chi connectivity index (χ4n) is 2.34. The van der Waals surface area contributed by atoms with Gasteiger partial charge in [0, 0.05) is 18.3 Å². The first-order valence-electron chi connectivity index (χ1n) is 6.57. The van der Waals surface area contributed by atoms with Crippen molar-refractivity contribution in [1.29, 1.82) is 5.26 Å². The lowest BCUT2D eigenvalue weighted by molar-refractivity contribution is 0.735. The summed E-state index contributed by atoms with van der Waals surface area (Å²) in [5, 5.41) is 9.62. The van der Waals surface area contributed by atoms with E-state index >= 15 is 0 Å². The monoisotopic (exact) mass is 261 g/mol. The summed E-state index contributed by atoms with van der Waals surface area (Å²) in [4.78, 5) is 6.74. The Morgan fingerprint density at radius 1 is 1.50 bits per heavy atom. The molecule has 1 aromatic rings. The van der Waals surface area contributed by atoms with Crippen LogP contribution in [0.5, 0.6) is 0 Å². The summed E-state index contributed by atoms with van der Waals surface area (Å²) in [6, 6.07) is 7.82. The number of nitrogens with zero attached hydrogens (tertiary/aromatic N) is 3. The molecule has 0 radical (unpaired) electrons. The molecule has 2 heterocycles. The summed E-state index contributed by atoms with van der Waals surface area (Å²) in [7, 11) is 0. The van der Waals surface area contributed by atoms with Crippen LogP contribution in [0.1, 0.15) is 31.9 Å². The van der Waals surface area contributed by atoms with E-state index in [0.717, 1.165) is 18.9 Å². The van der Waals surface area contributed by atoms with Gasteiger partial charge in [-0.15, -0.1) is 0 Å². The number of hydrogen-bond donors (Lipinski definition) is 0. The Kier molecular flexibility index (Phi) is 4.89. The molecular weight excluding hydrogens is 242 g/mol. The number of pyridine rings is 1. The Balaban J connectivity index is 2.12. The summed E-state index contributed by atoms with van der Waals surface area (Å²) in [5.41, 5.74) is 0.511. The van der Waals surface area contributed by atoms with Gasteiger partial charge in [0.2, 0.25) is 0 Å². The zero-order valence-electron chi connectivity index (χ0n) is 10.8. The lowest BCUT2D eigenvalue weighted by atomic mass is 10.2. The van der Waals surface area contributed by atoms with E-state index in [-0.39, 0.29) is 0 Å². The Morgan fingerprint density at radius 2 is 2.39 bits per heavy atom. The second-order valence-electron chi connectivity index (χ2n) is 4.51. The van der Waals surface area contributed by atoms with Gasteiger partial charge in [0.15, 0.2) is 0 Å². The molecule has 0 saturated carbocycles. The van der Waals surface area contributed by atoms with Gasteiger partial charge < -0.3 is 4.90 Å². The molecule has 0 amide bonds. The summed E-state index contributed by atoms with van der Waals surface area (Å²) < 4.78 is 0. The van der Waals surface area contributed by atoms with Gasteiger partial charge in [0.05, 0.1) is 0 Å². The van der Waals surface area contributed by atoms with Crippen molar-refractivity contribution in [3.8, 4) is 6.07 Å². The number of thioether (sulfide) groups is 1. The Labute approximate surface area is 113 Å². The van der Waals surface area contributed by atoms with E-state index in [2.05, 4.69) is 22.9 Å². The third-order valence-corrected chi connectivity index (χ3v) is 4.39. The zero-order chi connectivity index (χ0) is 12.8. The predicted molar refractivity (Wildman–Crippen MR) is 76.9 cm³/mol. The number of hydrogen-bond acceptors (Lipinski definition) is 4. The standard InChI is InChI=1S/C14H19N3S/c1-2-18-13-7-3-4-9-17(11-13)14-8-5-6-12(10-15)16-14/h5-6,8,13H,2-4,7,9,11H2,1H3. The zero-order valence-corrected chi connectivity index (χ0v) is 11.6. The van der Waals surface area contributed by atoms with Crippen LogP contribution < -0.4 is 4.90 Å². The molecule has 1 saturated heterocycles. The Hall–Kier alpha value is -1.21. The molecule has 1 aliphatic rings. The van der Waals surface area contributed by atoms with Crippen molar-refractivity contribution in [1.82, 2.24) is 4.98 Å². The van der Waals surface area contributed by atoms with Gasteiger partial charge in [-0.3, -0.25) is 0 Å². The fourth-order valence-corrected chi connectivity index (χ4v) is 3.43. The third-order valence-electron chi connectivity index (χ3n) is 3.20. The van der Waals surface area contributed by atoms with Gasteiger partial charge in [0.25, 0.3) is 0 Å². The van der Waals surface area contributed by atoms with Gasteiger partial charge in [-0.05, 0) is 30.7 Å². The van der Waals surface area contributed by atoms with Crippen LogP contribution in [0.4, 0.5) is 5.82 Å². The maximum Gasteiger partial charge on any atom is 0.142 e. The van der Waals surface area contributed by atoms with Crippen LogP contribution in [0, 0.1) is 11.3 Å². The fraction of sp³-hybridized carbons (Fsp3) is 0.571. The molecule has 4 heteroatoms. The number of aromatic nitrogens is 1. The number of anilines is 1. The Morgan fingerprint density at radius 3 is 3.17 bits per heavy atom. The van der Waals surface area contributed by atoms with Crippen molar-refractivity contribution in [2.75, 3.05) is 23.7 Å². The van der Waals surface area contributed by atoms with Crippen LogP contribution in [0.25, 0.3) is 0 Å². The highest BCUT2D eigenvalue weighted by atomic mass is 32.2. The van der Waals surface area contributed by atoms with E-state index < -0.39 is 0 Å². The first-order valence-corrected chi connectivity index (χ1v) is 7.62. The van der Waals surface area contributed by atoms with Crippen LogP contribution in [-0.2, 0) is 0 Å². The molecule has 2 rings (SSSR count). The molecule has 1 aliphatic heterocycles. The molecule has 0 spiro atoms. The lowest BCUT2D eigenvalue weighted by Crippen LogP contribution is -2.30. The smallest absolute Gasteiger partial charge is 0.142 e. The average Bonchev–Trinajstić information content (AvgIpc) is 2.65. The highest BCUT2D eigenvalue weighted by Crippen LogP contribution is 2.24. The van der Waals surface area contributed by atoms with Crippen molar-refractivity contribution in [3.63, 3.8) is 0 Å². The van der Waals surface area contributed by atoms with E-state index in [1.165, 1.54) is 25.0 Å². The van der Waals surface area contributed by atoms with Crippen LogP contribution in [0.15, 0.2) is 18.2 Å². The SMILES string of the molecule is CCSC1CCCCN(c2cccc(C#N)n2)C1. The average molecular weight is 261 g/mol. The minimum Gasteiger partial charge on any atom is -0.355 e. The summed E-state index contributed by atoms with van der Waals surface area (Å²) in [6.07, 6.45) is 3.82. The van der Waals surface area contributed by atoms with E-state index in [9.17, 15) is 0 Å². The lowest BCUT2D eigenvalue weighted by Gasteiger charge is -2.25. The molecule has 1 fully saturated rings. The van der Waals surface area contributed by atoms with Crippen LogP contribution >= 0.6 is 11.8 Å². The normalized spacial score (nSPS) is 20.2. The molecule has 1 atom stereocenters. The third kappa shape index (κ3) is 3.39. The van der Waals surface area contributed by atoms with Gasteiger partial charge in [0.1, 0.15) is 17.6 Å². The topological polar surface area (TPSA) is 39.9 Å². The van der Waals surface area contributed by atoms with Crippen molar-refractivity contribution in [3.05, 3.63) is 23.9 Å². The largest absolute Gasteiger partial charge is 0.355 e. The second kappa shape index (κ2) is 6.65. The minimum absolute atomic E-state index is 0.511. The number of nitriles is 1. The summed E-state index contributed by atoms with van der Waals surface area (Å²) >= 11 is 2.04. The molecule has 0 bridgehead atoms. The van der Waals surface area contributed by atoms with Gasteiger partial charge in [-0.25, -0.2) is 4.98 Å². The maximum atomic E-state index is 8.92. The van der Waals surface area contributed by atoms with Gasteiger partial charge >= 0.3 is 0 Å². The van der Waals surface area contributed by atoms with Crippen LogP contribution in [0.2, 0.25) is 0 Å². The molecule has 1 unspecified atom stereocenters. The van der Waals surface area contributed by atoms with Crippen LogP contribution in [-0.4, -0.2) is 29.1 Å². The summed E-state index contributed by atoms with van der Waals surface area (Å²) in [5.74, 6) is 2.13. The molecule has 18 heavy (non-hydrogen) atoms. The van der Waals surface area contributed by atoms with Crippen molar-refractivity contribution < 1.29 is 0 Å². The quantitative estimate of drug-likeness (QED) is 0.838. The second-order valence-corrected chi connectivity index (χ2v) is 6.09. The first kappa shape index (κ1) is 13.2. The number of rotatable bonds is 3. The van der Waals surface area contributed by atoms with Gasteiger partial charge in [-0.2, -0.15) is 17.0 Å². The highest BCUT2D eigenvalue weighted by molar-refractivity contribution is 7.99. The van der Waals surface area contributed by atoms with Crippen molar-refractivity contribution in [2.45, 2.75) is 31.4 Å². The molecule has 0 aliphatic carbocycles. The van der Waals surface area contributed by atoms with E-state index in [4.69, 9.17) is 5.26 Å². The van der Waals surface area contributed by atoms with Gasteiger partial charge in [-0.1, -0.05) is 19.4 Å². The summed E-state index contributed by atoms with van der Waals surface area (Å²) in [6.45, 7) is 4.33. The van der Waals surface area contributed by atoms with Crippen LogP contribution in [0.3, 0.4) is 0 Å². The van der Waals surface area contributed by atoms with E-state index in [1.807, 2.05) is 23.9 Å². The Bertz CT molecular complexity index is 427. The highest BCUT2D eigenvalue weighted by Gasteiger charge is 2.19. The van der Waals surface area contributed by atoms with Crippen molar-refractivity contribution >= 4 is 17.6 Å². The van der Waals surface area contributed by atoms with Crippen molar-refractivity contribution in [2.24, 2.45) is 0 Å².